The van der Waals surface area contributed by atoms with Gasteiger partial charge in [0.15, 0.2) is 0 Å². The molecule has 0 spiro atoms. The number of nitrogens with zero attached hydrogens (tertiary/aromatic N) is 2. The smallest absolute Gasteiger partial charge is 0.251 e. The van der Waals surface area contributed by atoms with Crippen LogP contribution in [0.5, 0.6) is 11.5 Å². The molecule has 34 heavy (non-hydrogen) atoms. The van der Waals surface area contributed by atoms with Gasteiger partial charge < -0.3 is 19.4 Å². The SMILES string of the molecule is COc1ccc(C(=O)NCc2nc3ccccc3n2CCCCOc2ccc(C)c(C)c2)cc1. The number of aromatic nitrogens is 2. The average Bonchev–Trinajstić information content (AvgIpc) is 3.22. The van der Waals surface area contributed by atoms with E-state index in [0.717, 1.165) is 47.7 Å². The maximum atomic E-state index is 12.6. The molecule has 6 heteroatoms. The summed E-state index contributed by atoms with van der Waals surface area (Å²) in [7, 11) is 1.61. The second-order valence-electron chi connectivity index (χ2n) is 8.38. The fourth-order valence-corrected chi connectivity index (χ4v) is 3.88. The standard InChI is InChI=1S/C28H31N3O3/c1-20-10-13-24(18-21(20)2)34-17-7-6-16-31-26-9-5-4-8-25(26)30-27(31)19-29-28(32)22-11-14-23(33-3)15-12-22/h4-5,8-15,18H,6-7,16-17,19H2,1-3H3,(H,29,32). The summed E-state index contributed by atoms with van der Waals surface area (Å²) in [5.74, 6) is 2.35. The average molecular weight is 458 g/mol. The van der Waals surface area contributed by atoms with Crippen LogP contribution in [0, 0.1) is 13.8 Å². The lowest BCUT2D eigenvalue weighted by molar-refractivity contribution is 0.0949. The number of benzene rings is 3. The first kappa shape index (κ1) is 23.4. The number of rotatable bonds is 10. The fourth-order valence-electron chi connectivity index (χ4n) is 3.88. The Labute approximate surface area is 200 Å². The highest BCUT2D eigenvalue weighted by molar-refractivity contribution is 5.94. The van der Waals surface area contributed by atoms with Crippen LogP contribution in [0.1, 0.15) is 40.2 Å². The molecular weight excluding hydrogens is 426 g/mol. The molecule has 4 rings (SSSR count). The van der Waals surface area contributed by atoms with Crippen molar-refractivity contribution in [2.75, 3.05) is 13.7 Å². The lowest BCUT2D eigenvalue weighted by atomic mass is 10.1. The number of amides is 1. The van der Waals surface area contributed by atoms with E-state index in [1.807, 2.05) is 24.3 Å². The third kappa shape index (κ3) is 5.57. The van der Waals surface area contributed by atoms with Crippen LogP contribution in [-0.4, -0.2) is 29.2 Å². The van der Waals surface area contributed by atoms with Crippen molar-refractivity contribution >= 4 is 16.9 Å². The molecule has 1 aromatic heterocycles. The topological polar surface area (TPSA) is 65.4 Å². The molecule has 0 bridgehead atoms. The zero-order valence-electron chi connectivity index (χ0n) is 20.0. The van der Waals surface area contributed by atoms with E-state index in [-0.39, 0.29) is 5.91 Å². The molecule has 0 saturated heterocycles. The van der Waals surface area contributed by atoms with Crippen molar-refractivity contribution in [2.24, 2.45) is 0 Å². The van der Waals surface area contributed by atoms with Gasteiger partial charge in [-0.1, -0.05) is 18.2 Å². The number of imidazole rings is 1. The first-order valence-electron chi connectivity index (χ1n) is 11.6. The van der Waals surface area contributed by atoms with Crippen molar-refractivity contribution in [3.05, 3.63) is 89.2 Å². The summed E-state index contributed by atoms with van der Waals surface area (Å²) in [4.78, 5) is 17.4. The van der Waals surface area contributed by atoms with E-state index in [1.54, 1.807) is 31.4 Å². The Morgan fingerprint density at radius 1 is 0.941 bits per heavy atom. The number of hydrogen-bond donors (Lipinski definition) is 1. The minimum absolute atomic E-state index is 0.136. The maximum absolute atomic E-state index is 12.6. The number of para-hydroxylation sites is 2. The minimum atomic E-state index is -0.136. The molecule has 0 aliphatic carbocycles. The number of aryl methyl sites for hydroxylation is 3. The molecule has 0 fully saturated rings. The Morgan fingerprint density at radius 3 is 2.47 bits per heavy atom. The van der Waals surface area contributed by atoms with Crippen molar-refractivity contribution in [2.45, 2.75) is 39.8 Å². The Hall–Kier alpha value is -3.80. The van der Waals surface area contributed by atoms with Crippen molar-refractivity contribution < 1.29 is 14.3 Å². The second-order valence-corrected chi connectivity index (χ2v) is 8.38. The Bertz CT molecular complexity index is 1260. The highest BCUT2D eigenvalue weighted by Gasteiger charge is 2.12. The molecule has 1 N–H and O–H groups in total. The maximum Gasteiger partial charge on any atom is 0.251 e. The summed E-state index contributed by atoms with van der Waals surface area (Å²) < 4.78 is 13.3. The monoisotopic (exact) mass is 457 g/mol. The van der Waals surface area contributed by atoms with Gasteiger partial charge in [-0.2, -0.15) is 0 Å². The fraction of sp³-hybridized carbons (Fsp3) is 0.286. The van der Waals surface area contributed by atoms with Crippen LogP contribution in [0.25, 0.3) is 11.0 Å². The predicted octanol–water partition coefficient (Wildman–Crippen LogP) is 5.45. The molecule has 0 atom stereocenters. The molecule has 3 aromatic carbocycles. The quantitative estimate of drug-likeness (QED) is 0.322. The van der Waals surface area contributed by atoms with Gasteiger partial charge in [-0.15, -0.1) is 0 Å². The van der Waals surface area contributed by atoms with Gasteiger partial charge in [0.25, 0.3) is 5.91 Å². The van der Waals surface area contributed by atoms with Gasteiger partial charge >= 0.3 is 0 Å². The van der Waals surface area contributed by atoms with Gasteiger partial charge in [0.05, 0.1) is 31.3 Å². The molecule has 1 amide bonds. The van der Waals surface area contributed by atoms with Crippen LogP contribution in [0.2, 0.25) is 0 Å². The Balaban J connectivity index is 1.36. The molecule has 0 aliphatic rings. The summed E-state index contributed by atoms with van der Waals surface area (Å²) in [6.45, 7) is 6.04. The molecule has 0 radical (unpaired) electrons. The van der Waals surface area contributed by atoms with Gasteiger partial charge in [0, 0.05) is 12.1 Å². The molecule has 0 unspecified atom stereocenters. The number of nitrogens with one attached hydrogen (secondary N) is 1. The largest absolute Gasteiger partial charge is 0.497 e. The number of hydrogen-bond acceptors (Lipinski definition) is 4. The summed E-state index contributed by atoms with van der Waals surface area (Å²) in [6.07, 6.45) is 1.88. The van der Waals surface area contributed by atoms with Crippen LogP contribution in [0.4, 0.5) is 0 Å². The van der Waals surface area contributed by atoms with Crippen LogP contribution in [-0.2, 0) is 13.1 Å². The molecular formula is C28H31N3O3. The number of carbonyl (C=O) groups is 1. The number of unbranched alkanes of at least 4 members (excludes halogenated alkanes) is 1. The van der Waals surface area contributed by atoms with E-state index >= 15 is 0 Å². The molecule has 0 aliphatic heterocycles. The van der Waals surface area contributed by atoms with Crippen molar-refractivity contribution in [1.82, 2.24) is 14.9 Å². The number of fused-ring (bicyclic) bond motifs is 1. The number of methoxy groups -OCH3 is 1. The number of ether oxygens (including phenoxy) is 2. The number of carbonyl (C=O) groups excluding carboxylic acids is 1. The van der Waals surface area contributed by atoms with Gasteiger partial charge in [0.1, 0.15) is 17.3 Å². The van der Waals surface area contributed by atoms with Crippen LogP contribution >= 0.6 is 0 Å². The van der Waals surface area contributed by atoms with E-state index in [2.05, 4.69) is 41.9 Å². The Morgan fingerprint density at radius 2 is 1.71 bits per heavy atom. The van der Waals surface area contributed by atoms with Crippen LogP contribution in [0.3, 0.4) is 0 Å². The molecule has 4 aromatic rings. The highest BCUT2D eigenvalue weighted by atomic mass is 16.5. The third-order valence-electron chi connectivity index (χ3n) is 6.02. The van der Waals surface area contributed by atoms with Crippen molar-refractivity contribution in [3.8, 4) is 11.5 Å². The third-order valence-corrected chi connectivity index (χ3v) is 6.02. The summed E-state index contributed by atoms with van der Waals surface area (Å²) in [5.41, 5.74) is 5.11. The highest BCUT2D eigenvalue weighted by Crippen LogP contribution is 2.19. The zero-order chi connectivity index (χ0) is 23.9. The first-order valence-corrected chi connectivity index (χ1v) is 11.6. The van der Waals surface area contributed by atoms with E-state index in [9.17, 15) is 4.79 Å². The normalized spacial score (nSPS) is 10.9. The predicted molar refractivity (Wildman–Crippen MR) is 135 cm³/mol. The zero-order valence-corrected chi connectivity index (χ0v) is 20.0. The lowest BCUT2D eigenvalue weighted by Crippen LogP contribution is -2.24. The lowest BCUT2D eigenvalue weighted by Gasteiger charge is -2.12. The van der Waals surface area contributed by atoms with Gasteiger partial charge in [-0.05, 0) is 86.3 Å². The summed E-state index contributed by atoms with van der Waals surface area (Å²) >= 11 is 0. The van der Waals surface area contributed by atoms with E-state index in [1.165, 1.54) is 11.1 Å². The van der Waals surface area contributed by atoms with Gasteiger partial charge in [-0.25, -0.2) is 4.98 Å². The van der Waals surface area contributed by atoms with E-state index in [4.69, 9.17) is 14.5 Å². The van der Waals surface area contributed by atoms with E-state index < -0.39 is 0 Å². The molecule has 0 saturated carbocycles. The van der Waals surface area contributed by atoms with Crippen LogP contribution in [0.15, 0.2) is 66.7 Å². The molecule has 176 valence electrons. The summed E-state index contributed by atoms with van der Waals surface area (Å²) in [5, 5.41) is 3.00. The summed E-state index contributed by atoms with van der Waals surface area (Å²) in [6, 6.07) is 21.4. The molecule has 6 nitrogen and oxygen atoms in total. The second kappa shape index (κ2) is 10.9. The van der Waals surface area contributed by atoms with Gasteiger partial charge in [0.2, 0.25) is 0 Å². The van der Waals surface area contributed by atoms with Gasteiger partial charge in [-0.3, -0.25) is 4.79 Å². The van der Waals surface area contributed by atoms with Crippen molar-refractivity contribution in [3.63, 3.8) is 0 Å². The minimum Gasteiger partial charge on any atom is -0.497 e. The Kier molecular flexibility index (Phi) is 7.48. The molecule has 1 heterocycles. The first-order chi connectivity index (χ1) is 16.5. The van der Waals surface area contributed by atoms with Crippen LogP contribution < -0.4 is 14.8 Å². The van der Waals surface area contributed by atoms with Crippen molar-refractivity contribution in [1.29, 1.82) is 0 Å². The van der Waals surface area contributed by atoms with E-state index in [0.29, 0.717) is 18.7 Å².